The summed E-state index contributed by atoms with van der Waals surface area (Å²) in [5.74, 6) is 0.848. The van der Waals surface area contributed by atoms with Gasteiger partial charge in [0, 0.05) is 5.38 Å². The molecule has 2 aromatic heterocycles. The first-order valence-electron chi connectivity index (χ1n) is 6.86. The van der Waals surface area contributed by atoms with Crippen molar-refractivity contribution in [2.75, 3.05) is 12.0 Å². The van der Waals surface area contributed by atoms with E-state index >= 15 is 0 Å². The molecule has 0 spiro atoms. The Morgan fingerprint density at radius 3 is 3.05 bits per heavy atom. The minimum Gasteiger partial charge on any atom is -0.494 e. The van der Waals surface area contributed by atoms with E-state index in [1.54, 1.807) is 28.9 Å². The molecule has 0 aliphatic heterocycles. The smallest absolute Gasteiger partial charge is 0.203 e. The van der Waals surface area contributed by atoms with Crippen LogP contribution in [0.4, 0.5) is 5.13 Å². The van der Waals surface area contributed by atoms with Crippen molar-refractivity contribution in [2.45, 2.75) is 6.92 Å². The highest BCUT2D eigenvalue weighted by molar-refractivity contribution is 7.15. The SMILES string of the molecule is CCOc1cccc(/C=N\Nc2nc(-c3cccs3)cs2)c1. The van der Waals surface area contributed by atoms with Crippen molar-refractivity contribution in [1.29, 1.82) is 0 Å². The van der Waals surface area contributed by atoms with E-state index in [1.807, 2.05) is 48.0 Å². The number of ether oxygens (including phenoxy) is 1. The Balaban J connectivity index is 1.63. The van der Waals surface area contributed by atoms with Crippen LogP contribution in [0.3, 0.4) is 0 Å². The second kappa shape index (κ2) is 7.20. The molecule has 0 radical (unpaired) electrons. The lowest BCUT2D eigenvalue weighted by Gasteiger charge is -2.02. The summed E-state index contributed by atoms with van der Waals surface area (Å²) in [7, 11) is 0. The van der Waals surface area contributed by atoms with Gasteiger partial charge in [0.25, 0.3) is 0 Å². The predicted molar refractivity (Wildman–Crippen MR) is 94.3 cm³/mol. The molecule has 4 nitrogen and oxygen atoms in total. The van der Waals surface area contributed by atoms with Crippen molar-refractivity contribution in [1.82, 2.24) is 4.98 Å². The molecule has 0 saturated heterocycles. The third kappa shape index (κ3) is 3.72. The highest BCUT2D eigenvalue weighted by Crippen LogP contribution is 2.28. The van der Waals surface area contributed by atoms with Crippen LogP contribution in [-0.2, 0) is 0 Å². The van der Waals surface area contributed by atoms with Gasteiger partial charge in [-0.1, -0.05) is 18.2 Å². The van der Waals surface area contributed by atoms with Gasteiger partial charge in [-0.15, -0.1) is 22.7 Å². The normalized spacial score (nSPS) is 11.0. The zero-order valence-electron chi connectivity index (χ0n) is 12.0. The molecule has 0 saturated carbocycles. The Morgan fingerprint density at radius 2 is 2.23 bits per heavy atom. The molecule has 6 heteroatoms. The van der Waals surface area contributed by atoms with Gasteiger partial charge >= 0.3 is 0 Å². The number of hydrogen-bond donors (Lipinski definition) is 1. The van der Waals surface area contributed by atoms with Crippen LogP contribution >= 0.6 is 22.7 Å². The van der Waals surface area contributed by atoms with Gasteiger partial charge < -0.3 is 4.74 Å². The lowest BCUT2D eigenvalue weighted by atomic mass is 10.2. The standard InChI is InChI=1S/C16H15N3OS2/c1-2-20-13-6-3-5-12(9-13)10-17-19-16-18-14(11-22-16)15-7-4-8-21-15/h3-11H,2H2,1H3,(H,18,19)/b17-10-. The van der Waals surface area contributed by atoms with Crippen LogP contribution in [0.1, 0.15) is 12.5 Å². The second-order valence-electron chi connectivity index (χ2n) is 4.39. The first-order chi connectivity index (χ1) is 10.8. The molecule has 22 heavy (non-hydrogen) atoms. The summed E-state index contributed by atoms with van der Waals surface area (Å²) in [4.78, 5) is 5.67. The summed E-state index contributed by atoms with van der Waals surface area (Å²) in [5.41, 5.74) is 4.93. The monoisotopic (exact) mass is 329 g/mol. The van der Waals surface area contributed by atoms with Gasteiger partial charge in [-0.25, -0.2) is 4.98 Å². The van der Waals surface area contributed by atoms with Gasteiger partial charge in [0.05, 0.1) is 23.4 Å². The maximum atomic E-state index is 5.46. The molecule has 112 valence electrons. The zero-order valence-corrected chi connectivity index (χ0v) is 13.7. The third-order valence-corrected chi connectivity index (χ3v) is 4.46. The van der Waals surface area contributed by atoms with E-state index in [2.05, 4.69) is 21.6 Å². The number of hydrazone groups is 1. The Hall–Kier alpha value is -2.18. The van der Waals surface area contributed by atoms with E-state index in [9.17, 15) is 0 Å². The van der Waals surface area contributed by atoms with Gasteiger partial charge in [-0.3, -0.25) is 5.43 Å². The second-order valence-corrected chi connectivity index (χ2v) is 6.20. The van der Waals surface area contributed by atoms with Crippen molar-refractivity contribution in [3.05, 3.63) is 52.7 Å². The van der Waals surface area contributed by atoms with Gasteiger partial charge in [0.15, 0.2) is 0 Å². The topological polar surface area (TPSA) is 46.5 Å². The van der Waals surface area contributed by atoms with Crippen LogP contribution in [0.25, 0.3) is 10.6 Å². The van der Waals surface area contributed by atoms with Crippen molar-refractivity contribution in [2.24, 2.45) is 5.10 Å². The molecule has 0 aliphatic carbocycles. The molecule has 2 heterocycles. The molecule has 1 aromatic carbocycles. The molecular weight excluding hydrogens is 314 g/mol. The summed E-state index contributed by atoms with van der Waals surface area (Å²) in [5, 5.41) is 9.08. The first-order valence-corrected chi connectivity index (χ1v) is 8.62. The molecule has 3 rings (SSSR count). The number of rotatable bonds is 6. The maximum Gasteiger partial charge on any atom is 0.203 e. The molecule has 3 aromatic rings. The number of thiophene rings is 1. The molecule has 0 atom stereocenters. The van der Waals surface area contributed by atoms with Crippen molar-refractivity contribution >= 4 is 34.0 Å². The van der Waals surface area contributed by atoms with Crippen LogP contribution in [-0.4, -0.2) is 17.8 Å². The number of thiazole rings is 1. The first kappa shape index (κ1) is 14.7. The molecule has 0 amide bonds. The molecule has 1 N–H and O–H groups in total. The maximum absolute atomic E-state index is 5.46. The van der Waals surface area contributed by atoms with E-state index in [0.29, 0.717) is 6.61 Å². The molecule has 0 unspecified atom stereocenters. The Morgan fingerprint density at radius 1 is 1.27 bits per heavy atom. The number of anilines is 1. The van der Waals surface area contributed by atoms with Crippen molar-refractivity contribution in [3.63, 3.8) is 0 Å². The lowest BCUT2D eigenvalue weighted by molar-refractivity contribution is 0.340. The quantitative estimate of drug-likeness (QED) is 0.526. The molecule has 0 fully saturated rings. The number of aromatic nitrogens is 1. The van der Waals surface area contributed by atoms with Gasteiger partial charge in [0.2, 0.25) is 5.13 Å². The summed E-state index contributed by atoms with van der Waals surface area (Å²) < 4.78 is 5.46. The van der Waals surface area contributed by atoms with E-state index < -0.39 is 0 Å². The highest BCUT2D eigenvalue weighted by Gasteiger charge is 2.04. The van der Waals surface area contributed by atoms with Gasteiger partial charge in [-0.2, -0.15) is 5.10 Å². The predicted octanol–water partition coefficient (Wildman–Crippen LogP) is 4.72. The summed E-state index contributed by atoms with van der Waals surface area (Å²) in [6.07, 6.45) is 1.76. The van der Waals surface area contributed by atoms with Crippen LogP contribution in [0, 0.1) is 0 Å². The van der Waals surface area contributed by atoms with Crippen molar-refractivity contribution in [3.8, 4) is 16.3 Å². The molecular formula is C16H15N3OS2. The van der Waals surface area contributed by atoms with E-state index in [1.165, 1.54) is 0 Å². The minimum atomic E-state index is 0.656. The largest absolute Gasteiger partial charge is 0.494 e. The minimum absolute atomic E-state index is 0.656. The molecule has 0 bridgehead atoms. The Bertz CT molecular complexity index is 750. The van der Waals surface area contributed by atoms with Crippen LogP contribution in [0.5, 0.6) is 5.75 Å². The number of benzene rings is 1. The number of hydrogen-bond acceptors (Lipinski definition) is 6. The molecule has 0 aliphatic rings. The summed E-state index contributed by atoms with van der Waals surface area (Å²) in [6.45, 7) is 2.62. The van der Waals surface area contributed by atoms with Crippen LogP contribution < -0.4 is 10.2 Å². The summed E-state index contributed by atoms with van der Waals surface area (Å²) in [6, 6.07) is 11.9. The average molecular weight is 329 g/mol. The average Bonchev–Trinajstić information content (AvgIpc) is 3.19. The summed E-state index contributed by atoms with van der Waals surface area (Å²) >= 11 is 3.22. The van der Waals surface area contributed by atoms with Crippen molar-refractivity contribution < 1.29 is 4.74 Å². The lowest BCUT2D eigenvalue weighted by Crippen LogP contribution is -1.93. The van der Waals surface area contributed by atoms with Gasteiger partial charge in [-0.05, 0) is 36.1 Å². The van der Waals surface area contributed by atoms with Crippen LogP contribution in [0.15, 0.2) is 52.3 Å². The highest BCUT2D eigenvalue weighted by atomic mass is 32.1. The van der Waals surface area contributed by atoms with Crippen LogP contribution in [0.2, 0.25) is 0 Å². The van der Waals surface area contributed by atoms with Gasteiger partial charge in [0.1, 0.15) is 5.75 Å². The number of nitrogens with zero attached hydrogens (tertiary/aromatic N) is 2. The van der Waals surface area contributed by atoms with E-state index in [0.717, 1.165) is 27.0 Å². The zero-order chi connectivity index (χ0) is 15.2. The number of nitrogens with one attached hydrogen (secondary N) is 1. The van der Waals surface area contributed by atoms with E-state index in [-0.39, 0.29) is 0 Å². The fraction of sp³-hybridized carbons (Fsp3) is 0.125. The third-order valence-electron chi connectivity index (χ3n) is 2.82. The fourth-order valence-electron chi connectivity index (χ4n) is 1.88. The Kier molecular flexibility index (Phi) is 4.82. The fourth-order valence-corrected chi connectivity index (χ4v) is 3.30. The van der Waals surface area contributed by atoms with E-state index in [4.69, 9.17) is 4.74 Å². The Labute approximate surface area is 137 Å².